The van der Waals surface area contributed by atoms with Gasteiger partial charge in [-0.3, -0.25) is 9.69 Å². The second-order valence-corrected chi connectivity index (χ2v) is 6.01. The number of likely N-dealkylation sites (tertiary alicyclic amines) is 1. The first-order valence-electron chi connectivity index (χ1n) is 7.72. The molecule has 1 aromatic rings. The van der Waals surface area contributed by atoms with Crippen LogP contribution in [0.4, 0.5) is 0 Å². The van der Waals surface area contributed by atoms with Gasteiger partial charge < -0.3 is 5.32 Å². The Hall–Kier alpha value is -1.35. The van der Waals surface area contributed by atoms with Gasteiger partial charge in [0.25, 0.3) is 0 Å². The van der Waals surface area contributed by atoms with Crippen molar-refractivity contribution in [2.75, 3.05) is 13.1 Å². The Labute approximate surface area is 122 Å². The van der Waals surface area contributed by atoms with Crippen molar-refractivity contribution in [1.29, 1.82) is 0 Å². The Bertz CT molecular complexity index is 416. The number of amides is 1. The first kappa shape index (κ1) is 15.0. The lowest BCUT2D eigenvalue weighted by Crippen LogP contribution is -2.45. The number of carbonyl (C=O) groups is 1. The van der Waals surface area contributed by atoms with Crippen molar-refractivity contribution < 1.29 is 4.79 Å². The molecular weight excluding hydrogens is 248 g/mol. The Kier molecular flexibility index (Phi) is 5.60. The quantitative estimate of drug-likeness (QED) is 0.915. The van der Waals surface area contributed by atoms with Crippen molar-refractivity contribution >= 4 is 5.91 Å². The summed E-state index contributed by atoms with van der Waals surface area (Å²) >= 11 is 0. The highest BCUT2D eigenvalue weighted by Gasteiger charge is 2.21. The number of hydrogen-bond donors (Lipinski definition) is 1. The summed E-state index contributed by atoms with van der Waals surface area (Å²) in [6, 6.07) is 10.8. The van der Waals surface area contributed by atoms with Crippen LogP contribution in [0.5, 0.6) is 0 Å². The predicted molar refractivity (Wildman–Crippen MR) is 82.6 cm³/mol. The van der Waals surface area contributed by atoms with Crippen molar-refractivity contribution in [3.05, 3.63) is 35.9 Å². The van der Waals surface area contributed by atoms with Crippen LogP contribution < -0.4 is 5.32 Å². The summed E-state index contributed by atoms with van der Waals surface area (Å²) < 4.78 is 0. The Balaban J connectivity index is 1.86. The first-order valence-corrected chi connectivity index (χ1v) is 7.72. The summed E-state index contributed by atoms with van der Waals surface area (Å²) in [5.74, 6) is 0.145. The van der Waals surface area contributed by atoms with Crippen LogP contribution in [0.25, 0.3) is 0 Å². The van der Waals surface area contributed by atoms with Crippen molar-refractivity contribution in [3.8, 4) is 0 Å². The molecule has 0 radical (unpaired) electrons. The minimum Gasteiger partial charge on any atom is -0.352 e. The average Bonchev–Trinajstić information content (AvgIpc) is 2.65. The van der Waals surface area contributed by atoms with E-state index >= 15 is 0 Å². The van der Waals surface area contributed by atoms with Crippen LogP contribution in [-0.2, 0) is 11.2 Å². The fraction of sp³-hybridized carbons (Fsp3) is 0.588. The van der Waals surface area contributed by atoms with E-state index in [4.69, 9.17) is 0 Å². The van der Waals surface area contributed by atoms with E-state index in [1.807, 2.05) is 30.3 Å². The molecule has 0 spiro atoms. The second kappa shape index (κ2) is 7.44. The van der Waals surface area contributed by atoms with Crippen LogP contribution in [0.15, 0.2) is 30.3 Å². The highest BCUT2D eigenvalue weighted by atomic mass is 16.1. The summed E-state index contributed by atoms with van der Waals surface area (Å²) in [7, 11) is 0. The van der Waals surface area contributed by atoms with E-state index < -0.39 is 0 Å². The molecule has 1 unspecified atom stereocenters. The van der Waals surface area contributed by atoms with Crippen LogP contribution in [0.1, 0.15) is 38.7 Å². The lowest BCUT2D eigenvalue weighted by Gasteiger charge is -2.28. The lowest BCUT2D eigenvalue weighted by atomic mass is 10.1. The van der Waals surface area contributed by atoms with Gasteiger partial charge in [0.15, 0.2) is 0 Å². The van der Waals surface area contributed by atoms with E-state index in [1.165, 1.54) is 12.8 Å². The minimum absolute atomic E-state index is 0.145. The van der Waals surface area contributed by atoms with Gasteiger partial charge in [-0.1, -0.05) is 36.8 Å². The molecule has 0 saturated carbocycles. The van der Waals surface area contributed by atoms with E-state index in [0.29, 0.717) is 18.5 Å². The molecule has 1 aliphatic heterocycles. The number of carbonyl (C=O) groups excluding carboxylic acids is 1. The zero-order valence-electron chi connectivity index (χ0n) is 12.6. The van der Waals surface area contributed by atoms with E-state index in [2.05, 4.69) is 24.1 Å². The zero-order valence-corrected chi connectivity index (χ0v) is 12.6. The standard InChI is InChI=1S/C17H26N2O/c1-14(2)19-11-7-6-10-16(13-19)18-17(20)12-15-8-4-3-5-9-15/h3-5,8-9,14,16H,6-7,10-13H2,1-2H3,(H,18,20). The van der Waals surface area contributed by atoms with Gasteiger partial charge in [0.2, 0.25) is 5.91 Å². The number of benzene rings is 1. The van der Waals surface area contributed by atoms with Gasteiger partial charge in [-0.15, -0.1) is 0 Å². The Morgan fingerprint density at radius 2 is 2.05 bits per heavy atom. The molecule has 1 atom stereocenters. The molecule has 0 aliphatic carbocycles. The molecule has 1 amide bonds. The maximum Gasteiger partial charge on any atom is 0.224 e. The molecule has 1 aromatic carbocycles. The first-order chi connectivity index (χ1) is 9.65. The summed E-state index contributed by atoms with van der Waals surface area (Å²) in [5.41, 5.74) is 1.08. The summed E-state index contributed by atoms with van der Waals surface area (Å²) in [6.07, 6.45) is 4.03. The third-order valence-electron chi connectivity index (χ3n) is 4.01. The molecule has 1 heterocycles. The van der Waals surface area contributed by atoms with Crippen LogP contribution in [0.2, 0.25) is 0 Å². The molecule has 1 saturated heterocycles. The number of nitrogens with one attached hydrogen (secondary N) is 1. The second-order valence-electron chi connectivity index (χ2n) is 6.01. The van der Waals surface area contributed by atoms with Gasteiger partial charge in [0, 0.05) is 18.6 Å². The molecule has 1 fully saturated rings. The van der Waals surface area contributed by atoms with Crippen LogP contribution in [-0.4, -0.2) is 36.0 Å². The van der Waals surface area contributed by atoms with Crippen molar-refractivity contribution in [2.24, 2.45) is 0 Å². The van der Waals surface area contributed by atoms with E-state index in [1.54, 1.807) is 0 Å². The lowest BCUT2D eigenvalue weighted by molar-refractivity contribution is -0.121. The van der Waals surface area contributed by atoms with Gasteiger partial charge in [0.05, 0.1) is 6.42 Å². The largest absolute Gasteiger partial charge is 0.352 e. The van der Waals surface area contributed by atoms with E-state index in [9.17, 15) is 4.79 Å². The molecule has 20 heavy (non-hydrogen) atoms. The highest BCUT2D eigenvalue weighted by molar-refractivity contribution is 5.78. The van der Waals surface area contributed by atoms with Crippen molar-refractivity contribution in [1.82, 2.24) is 10.2 Å². The SMILES string of the molecule is CC(C)N1CCCCC(NC(=O)Cc2ccccc2)C1. The Morgan fingerprint density at radius 3 is 2.75 bits per heavy atom. The Morgan fingerprint density at radius 1 is 1.30 bits per heavy atom. The average molecular weight is 274 g/mol. The van der Waals surface area contributed by atoms with Gasteiger partial charge in [0.1, 0.15) is 0 Å². The van der Waals surface area contributed by atoms with Crippen LogP contribution in [0, 0.1) is 0 Å². The van der Waals surface area contributed by atoms with Crippen molar-refractivity contribution in [2.45, 2.75) is 51.6 Å². The van der Waals surface area contributed by atoms with Gasteiger partial charge in [-0.25, -0.2) is 0 Å². The smallest absolute Gasteiger partial charge is 0.224 e. The molecule has 1 aliphatic rings. The molecule has 0 bridgehead atoms. The summed E-state index contributed by atoms with van der Waals surface area (Å²) in [5, 5.41) is 3.21. The fourth-order valence-electron chi connectivity index (χ4n) is 2.82. The highest BCUT2D eigenvalue weighted by Crippen LogP contribution is 2.13. The fourth-order valence-corrected chi connectivity index (χ4v) is 2.82. The molecule has 1 N–H and O–H groups in total. The number of rotatable bonds is 4. The summed E-state index contributed by atoms with van der Waals surface area (Å²) in [4.78, 5) is 14.6. The maximum absolute atomic E-state index is 12.1. The van der Waals surface area contributed by atoms with Gasteiger partial charge in [-0.05, 0) is 38.8 Å². The van der Waals surface area contributed by atoms with Gasteiger partial charge in [-0.2, -0.15) is 0 Å². The van der Waals surface area contributed by atoms with Crippen LogP contribution in [0.3, 0.4) is 0 Å². The van der Waals surface area contributed by atoms with Crippen molar-refractivity contribution in [3.63, 3.8) is 0 Å². The predicted octanol–water partition coefficient (Wildman–Crippen LogP) is 2.61. The van der Waals surface area contributed by atoms with E-state index in [-0.39, 0.29) is 5.91 Å². The third-order valence-corrected chi connectivity index (χ3v) is 4.01. The summed E-state index contributed by atoms with van der Waals surface area (Å²) in [6.45, 7) is 6.60. The molecule has 0 aromatic heterocycles. The molecule has 110 valence electrons. The monoisotopic (exact) mass is 274 g/mol. The van der Waals surface area contributed by atoms with E-state index in [0.717, 1.165) is 25.1 Å². The maximum atomic E-state index is 12.1. The molecule has 3 heteroatoms. The minimum atomic E-state index is 0.145. The molecule has 3 nitrogen and oxygen atoms in total. The third kappa shape index (κ3) is 4.64. The molecule has 2 rings (SSSR count). The zero-order chi connectivity index (χ0) is 14.4. The normalized spacial score (nSPS) is 20.6. The van der Waals surface area contributed by atoms with Crippen LogP contribution >= 0.6 is 0 Å². The van der Waals surface area contributed by atoms with Gasteiger partial charge >= 0.3 is 0 Å². The molecular formula is C17H26N2O. The number of nitrogens with zero attached hydrogens (tertiary/aromatic N) is 1. The topological polar surface area (TPSA) is 32.3 Å². The number of hydrogen-bond acceptors (Lipinski definition) is 2.